The van der Waals surface area contributed by atoms with Gasteiger partial charge in [0.05, 0.1) is 11.5 Å². The van der Waals surface area contributed by atoms with Crippen LogP contribution >= 0.6 is 0 Å². The van der Waals surface area contributed by atoms with Crippen LogP contribution in [0, 0.1) is 0 Å². The Balaban J connectivity index is 1.75. The van der Waals surface area contributed by atoms with E-state index in [1.807, 2.05) is 0 Å². The Bertz CT molecular complexity index is 351. The van der Waals surface area contributed by atoms with Crippen molar-refractivity contribution in [2.45, 2.75) is 18.9 Å². The zero-order valence-electron chi connectivity index (χ0n) is 9.56. The lowest BCUT2D eigenvalue weighted by molar-refractivity contribution is 0.280. The molecular formula is C11H20N2O2S. The standard InChI is InChI=1S/C11H20N2O2S/c14-16(15)9-5-12-11(10-16)4-8-13-6-2-1-3-7-13/h1-2,11-12H,3-10H2. The fourth-order valence-corrected chi connectivity index (χ4v) is 3.78. The lowest BCUT2D eigenvalue weighted by Crippen LogP contribution is -2.46. The summed E-state index contributed by atoms with van der Waals surface area (Å²) in [6.45, 7) is 3.74. The minimum absolute atomic E-state index is 0.157. The Morgan fingerprint density at radius 2 is 2.25 bits per heavy atom. The second kappa shape index (κ2) is 5.29. The zero-order valence-corrected chi connectivity index (χ0v) is 10.4. The molecule has 2 aliphatic heterocycles. The van der Waals surface area contributed by atoms with Crippen LogP contribution in [-0.4, -0.2) is 57.0 Å². The van der Waals surface area contributed by atoms with Gasteiger partial charge in [0, 0.05) is 25.7 Å². The predicted octanol–water partition coefficient (Wildman–Crippen LogP) is 0.0250. The van der Waals surface area contributed by atoms with Gasteiger partial charge in [-0.2, -0.15) is 0 Å². The number of sulfone groups is 1. The molecule has 0 aromatic carbocycles. The van der Waals surface area contributed by atoms with E-state index in [1.54, 1.807) is 0 Å². The van der Waals surface area contributed by atoms with Gasteiger partial charge in [-0.15, -0.1) is 0 Å². The molecule has 1 fully saturated rings. The Morgan fingerprint density at radius 1 is 1.38 bits per heavy atom. The van der Waals surface area contributed by atoms with Crippen molar-refractivity contribution in [2.24, 2.45) is 0 Å². The summed E-state index contributed by atoms with van der Waals surface area (Å²) in [5, 5.41) is 3.29. The van der Waals surface area contributed by atoms with Gasteiger partial charge in [-0.3, -0.25) is 4.90 Å². The number of nitrogens with zero attached hydrogens (tertiary/aromatic N) is 1. The topological polar surface area (TPSA) is 49.4 Å². The van der Waals surface area contributed by atoms with Crippen molar-refractivity contribution in [3.05, 3.63) is 12.2 Å². The van der Waals surface area contributed by atoms with E-state index >= 15 is 0 Å². The highest BCUT2D eigenvalue weighted by Gasteiger charge is 2.24. The van der Waals surface area contributed by atoms with Crippen LogP contribution in [0.4, 0.5) is 0 Å². The molecule has 1 atom stereocenters. The molecule has 0 aromatic heterocycles. The van der Waals surface area contributed by atoms with E-state index in [4.69, 9.17) is 0 Å². The number of hydrogen-bond donors (Lipinski definition) is 1. The quantitative estimate of drug-likeness (QED) is 0.711. The van der Waals surface area contributed by atoms with Crippen molar-refractivity contribution in [1.82, 2.24) is 10.2 Å². The molecule has 16 heavy (non-hydrogen) atoms. The predicted molar refractivity (Wildman–Crippen MR) is 65.3 cm³/mol. The second-order valence-electron chi connectivity index (χ2n) is 4.61. The van der Waals surface area contributed by atoms with Crippen LogP contribution in [0.5, 0.6) is 0 Å². The molecule has 0 saturated carbocycles. The van der Waals surface area contributed by atoms with Crippen molar-refractivity contribution in [1.29, 1.82) is 0 Å². The van der Waals surface area contributed by atoms with Crippen LogP contribution in [0.25, 0.3) is 0 Å². The smallest absolute Gasteiger partial charge is 0.153 e. The molecule has 0 aliphatic carbocycles. The van der Waals surface area contributed by atoms with Gasteiger partial charge in [-0.05, 0) is 19.4 Å². The van der Waals surface area contributed by atoms with E-state index in [-0.39, 0.29) is 6.04 Å². The molecule has 0 amide bonds. The lowest BCUT2D eigenvalue weighted by atomic mass is 10.2. The highest BCUT2D eigenvalue weighted by atomic mass is 32.2. The van der Waals surface area contributed by atoms with Crippen molar-refractivity contribution in [3.8, 4) is 0 Å². The second-order valence-corrected chi connectivity index (χ2v) is 6.84. The van der Waals surface area contributed by atoms with Crippen LogP contribution < -0.4 is 5.32 Å². The van der Waals surface area contributed by atoms with Crippen LogP contribution in [0.15, 0.2) is 12.2 Å². The van der Waals surface area contributed by atoms with E-state index in [0.717, 1.165) is 32.5 Å². The molecule has 2 heterocycles. The molecule has 4 nitrogen and oxygen atoms in total. The largest absolute Gasteiger partial charge is 0.312 e. The molecule has 1 N–H and O–H groups in total. The SMILES string of the molecule is O=S1(=O)CCNC(CCN2CC=CCC2)C1. The molecule has 5 heteroatoms. The highest BCUT2D eigenvalue weighted by Crippen LogP contribution is 2.08. The van der Waals surface area contributed by atoms with Gasteiger partial charge in [-0.1, -0.05) is 12.2 Å². The highest BCUT2D eigenvalue weighted by molar-refractivity contribution is 7.91. The maximum Gasteiger partial charge on any atom is 0.153 e. The number of rotatable bonds is 3. The Hall–Kier alpha value is -0.390. The van der Waals surface area contributed by atoms with Crippen LogP contribution in [0.2, 0.25) is 0 Å². The molecule has 2 aliphatic rings. The molecule has 1 saturated heterocycles. The summed E-state index contributed by atoms with van der Waals surface area (Å²) >= 11 is 0. The summed E-state index contributed by atoms with van der Waals surface area (Å²) in [6.07, 6.45) is 6.46. The summed E-state index contributed by atoms with van der Waals surface area (Å²) < 4.78 is 22.9. The molecule has 0 radical (unpaired) electrons. The molecular weight excluding hydrogens is 224 g/mol. The van der Waals surface area contributed by atoms with Gasteiger partial charge in [0.2, 0.25) is 0 Å². The van der Waals surface area contributed by atoms with Crippen molar-refractivity contribution >= 4 is 9.84 Å². The summed E-state index contributed by atoms with van der Waals surface area (Å²) in [5.74, 6) is 0.618. The van der Waals surface area contributed by atoms with E-state index in [2.05, 4.69) is 22.4 Å². The fourth-order valence-electron chi connectivity index (χ4n) is 2.28. The van der Waals surface area contributed by atoms with E-state index in [0.29, 0.717) is 18.1 Å². The van der Waals surface area contributed by atoms with E-state index in [1.165, 1.54) is 0 Å². The van der Waals surface area contributed by atoms with Gasteiger partial charge >= 0.3 is 0 Å². The first-order valence-electron chi connectivity index (χ1n) is 5.97. The Morgan fingerprint density at radius 3 is 2.94 bits per heavy atom. The third-order valence-corrected chi connectivity index (χ3v) is 4.97. The van der Waals surface area contributed by atoms with Gasteiger partial charge in [0.15, 0.2) is 9.84 Å². The van der Waals surface area contributed by atoms with E-state index in [9.17, 15) is 8.42 Å². The maximum absolute atomic E-state index is 11.4. The summed E-state index contributed by atoms with van der Waals surface area (Å²) in [5.41, 5.74) is 0. The molecule has 0 bridgehead atoms. The van der Waals surface area contributed by atoms with Crippen molar-refractivity contribution in [3.63, 3.8) is 0 Å². The van der Waals surface area contributed by atoms with Crippen LogP contribution in [-0.2, 0) is 9.84 Å². The summed E-state index contributed by atoms with van der Waals surface area (Å²) in [6, 6.07) is 0.157. The first-order valence-corrected chi connectivity index (χ1v) is 7.79. The van der Waals surface area contributed by atoms with Gasteiger partial charge in [0.1, 0.15) is 0 Å². The molecule has 0 spiro atoms. The maximum atomic E-state index is 11.4. The number of nitrogens with one attached hydrogen (secondary N) is 1. The summed E-state index contributed by atoms with van der Waals surface area (Å²) in [7, 11) is -2.78. The molecule has 1 unspecified atom stereocenters. The first kappa shape index (κ1) is 12.1. The first-order chi connectivity index (χ1) is 7.66. The summed E-state index contributed by atoms with van der Waals surface area (Å²) in [4.78, 5) is 2.38. The fraction of sp³-hybridized carbons (Fsp3) is 0.818. The lowest BCUT2D eigenvalue weighted by Gasteiger charge is -2.28. The van der Waals surface area contributed by atoms with E-state index < -0.39 is 9.84 Å². The minimum Gasteiger partial charge on any atom is -0.312 e. The van der Waals surface area contributed by atoms with Gasteiger partial charge in [-0.25, -0.2) is 8.42 Å². The van der Waals surface area contributed by atoms with Crippen molar-refractivity contribution in [2.75, 3.05) is 37.7 Å². The van der Waals surface area contributed by atoms with Crippen LogP contribution in [0.3, 0.4) is 0 Å². The molecule has 2 rings (SSSR count). The average Bonchev–Trinajstić information content (AvgIpc) is 2.27. The molecule has 92 valence electrons. The van der Waals surface area contributed by atoms with Gasteiger partial charge in [0.25, 0.3) is 0 Å². The monoisotopic (exact) mass is 244 g/mol. The average molecular weight is 244 g/mol. The third-order valence-electron chi connectivity index (χ3n) is 3.24. The zero-order chi connectivity index (χ0) is 11.4. The van der Waals surface area contributed by atoms with Crippen LogP contribution in [0.1, 0.15) is 12.8 Å². The van der Waals surface area contributed by atoms with Crippen molar-refractivity contribution < 1.29 is 8.42 Å². The Kier molecular flexibility index (Phi) is 4.00. The number of hydrogen-bond acceptors (Lipinski definition) is 4. The Labute approximate surface area is 97.6 Å². The third kappa shape index (κ3) is 3.57. The normalized spacial score (nSPS) is 30.4. The minimum atomic E-state index is -2.78. The molecule has 0 aromatic rings. The van der Waals surface area contributed by atoms with Gasteiger partial charge < -0.3 is 5.32 Å².